The number of carbonyl (C=O) groups is 4. The van der Waals surface area contributed by atoms with Crippen molar-refractivity contribution < 1.29 is 24.3 Å². The van der Waals surface area contributed by atoms with E-state index >= 15 is 9.59 Å². The number of thiophene rings is 1. The average molecular weight is 793 g/mol. The number of hydrogen-bond donors (Lipinski definition) is 1. The van der Waals surface area contributed by atoms with Gasteiger partial charge in [0, 0.05) is 39.7 Å². The third-order valence-electron chi connectivity index (χ3n) is 13.1. The van der Waals surface area contributed by atoms with Crippen LogP contribution in [0.2, 0.25) is 5.02 Å². The number of hydrogen-bond acceptors (Lipinski definition) is 7. The van der Waals surface area contributed by atoms with Crippen molar-refractivity contribution in [3.63, 3.8) is 0 Å². The van der Waals surface area contributed by atoms with Crippen molar-refractivity contribution in [1.82, 2.24) is 9.78 Å². The summed E-state index contributed by atoms with van der Waals surface area (Å²) in [5, 5.41) is 20.0. The summed E-state index contributed by atoms with van der Waals surface area (Å²) in [7, 11) is 1.72. The molecule has 1 saturated carbocycles. The Morgan fingerprint density at radius 3 is 2.46 bits per heavy atom. The predicted octanol–water partition coefficient (Wildman–Crippen LogP) is 9.20. The molecule has 0 bridgehead atoms. The van der Waals surface area contributed by atoms with E-state index in [-0.39, 0.29) is 24.0 Å². The third-order valence-corrected chi connectivity index (χ3v) is 14.6. The van der Waals surface area contributed by atoms with Crippen LogP contribution >= 0.6 is 22.9 Å². The molecule has 1 N–H and O–H groups in total. The topological polar surface area (TPSA) is 113 Å². The van der Waals surface area contributed by atoms with Crippen LogP contribution in [0.15, 0.2) is 103 Å². The zero-order chi connectivity index (χ0) is 39.7. The molecular weight excluding hydrogens is 756 g/mol. The fourth-order valence-corrected chi connectivity index (χ4v) is 11.6. The minimum atomic E-state index is -1.34. The highest BCUT2D eigenvalue weighted by Gasteiger charge is 2.68. The van der Waals surface area contributed by atoms with Crippen molar-refractivity contribution in [3.8, 4) is 16.3 Å². The second-order valence-electron chi connectivity index (χ2n) is 15.9. The number of nitrogens with zero attached hydrogens (tertiary/aromatic N) is 4. The van der Waals surface area contributed by atoms with Crippen LogP contribution < -0.4 is 9.80 Å². The smallest absolute Gasteiger partial charge is 0.242 e. The van der Waals surface area contributed by atoms with Crippen LogP contribution in [0.25, 0.3) is 37.5 Å². The van der Waals surface area contributed by atoms with E-state index in [9.17, 15) is 14.7 Å². The van der Waals surface area contributed by atoms with E-state index in [4.69, 9.17) is 16.7 Å². The van der Waals surface area contributed by atoms with Crippen LogP contribution in [0.4, 0.5) is 11.5 Å². The number of aromatic nitrogens is 2. The van der Waals surface area contributed by atoms with Crippen molar-refractivity contribution in [2.45, 2.75) is 32.6 Å². The van der Waals surface area contributed by atoms with Gasteiger partial charge in [-0.15, -0.1) is 11.3 Å². The molecule has 4 aromatic carbocycles. The number of amides is 4. The van der Waals surface area contributed by atoms with Crippen molar-refractivity contribution >= 4 is 85.0 Å². The summed E-state index contributed by atoms with van der Waals surface area (Å²) in [5.74, 6) is -4.54. The Kier molecular flexibility index (Phi) is 7.85. The number of aryl methyl sites for hydroxylation is 2. The molecule has 0 unspecified atom stereocenters. The van der Waals surface area contributed by atoms with Gasteiger partial charge in [0.25, 0.3) is 0 Å². The summed E-state index contributed by atoms with van der Waals surface area (Å²) in [6.07, 6.45) is 4.19. The monoisotopic (exact) mass is 792 g/mol. The van der Waals surface area contributed by atoms with Crippen molar-refractivity contribution in [3.05, 3.63) is 125 Å². The zero-order valence-electron chi connectivity index (χ0n) is 31.4. The molecule has 9 nitrogen and oxygen atoms in total. The molecule has 4 aliphatic rings. The molecule has 4 amide bonds. The number of benzene rings is 4. The molecule has 57 heavy (non-hydrogen) atoms. The van der Waals surface area contributed by atoms with Gasteiger partial charge in [0.05, 0.1) is 33.7 Å². The van der Waals surface area contributed by atoms with Gasteiger partial charge in [-0.1, -0.05) is 84.4 Å². The minimum absolute atomic E-state index is 0.0290. The molecule has 2 saturated heterocycles. The summed E-state index contributed by atoms with van der Waals surface area (Å²) in [5.41, 5.74) is 2.95. The van der Waals surface area contributed by atoms with Gasteiger partial charge in [0.1, 0.15) is 17.3 Å². The Bertz CT molecular complexity index is 2820. The number of rotatable bonds is 5. The highest BCUT2D eigenvalue weighted by atomic mass is 35.5. The standard InChI is InChI=1S/C46H37ClN4O5S/c1-5-24-10-14-27(15-11-24)50-42(53)30-18-17-29-33(38(30)44(50)55)21-34-43(54)51(37-22-35(48-49(37)4)41-23(2)32-20-26(47)13-19-36(32)57-41)45(56)46(34,3)39(29)31-16-12-25-8-6-7-9-28(25)40(31)52/h5-17,19-20,22,30,33-34,38-39,52H,1,18,21H2,2-4H3/t30-,33+,34-,38-,39+,46+/m0/s1. The van der Waals surface area contributed by atoms with Crippen LogP contribution in [-0.2, 0) is 26.2 Å². The first-order valence-electron chi connectivity index (χ1n) is 19.0. The lowest BCUT2D eigenvalue weighted by molar-refractivity contribution is -0.131. The first-order chi connectivity index (χ1) is 27.4. The van der Waals surface area contributed by atoms with Gasteiger partial charge in [0.2, 0.25) is 23.6 Å². The van der Waals surface area contributed by atoms with Gasteiger partial charge < -0.3 is 5.11 Å². The Morgan fingerprint density at radius 2 is 1.68 bits per heavy atom. The Hall–Kier alpha value is -5.84. The first kappa shape index (κ1) is 35.6. The normalized spacial score (nSPS) is 25.6. The van der Waals surface area contributed by atoms with Gasteiger partial charge in [-0.2, -0.15) is 5.10 Å². The second-order valence-corrected chi connectivity index (χ2v) is 17.4. The second kappa shape index (κ2) is 12.6. The van der Waals surface area contributed by atoms with E-state index < -0.39 is 46.8 Å². The van der Waals surface area contributed by atoms with Gasteiger partial charge >= 0.3 is 0 Å². The number of aromatic hydroxyl groups is 1. The molecule has 2 aliphatic heterocycles. The van der Waals surface area contributed by atoms with Crippen LogP contribution in [0.1, 0.15) is 42.4 Å². The highest BCUT2D eigenvalue weighted by Crippen LogP contribution is 2.65. The average Bonchev–Trinajstić information content (AvgIpc) is 3.88. The number of carbonyl (C=O) groups excluding carboxylic acids is 4. The molecule has 10 rings (SSSR count). The summed E-state index contributed by atoms with van der Waals surface area (Å²) in [6, 6.07) is 25.9. The Balaban J connectivity index is 1.10. The number of fused-ring (bicyclic) bond motifs is 6. The number of imide groups is 2. The fraction of sp³-hybridized carbons (Fsp3) is 0.239. The fourth-order valence-electron chi connectivity index (χ4n) is 10.3. The lowest BCUT2D eigenvalue weighted by Crippen LogP contribution is -2.49. The van der Waals surface area contributed by atoms with Crippen LogP contribution in [-0.4, -0.2) is 38.5 Å². The van der Waals surface area contributed by atoms with E-state index in [0.29, 0.717) is 39.6 Å². The maximum Gasteiger partial charge on any atom is 0.242 e. The molecule has 0 spiro atoms. The third kappa shape index (κ3) is 4.90. The van der Waals surface area contributed by atoms with Crippen LogP contribution in [0.5, 0.6) is 5.75 Å². The van der Waals surface area contributed by atoms with Crippen LogP contribution in [0.3, 0.4) is 0 Å². The molecule has 11 heteroatoms. The van der Waals surface area contributed by atoms with Crippen LogP contribution in [0, 0.1) is 36.0 Å². The molecule has 0 radical (unpaired) electrons. The molecule has 6 aromatic rings. The predicted molar refractivity (Wildman–Crippen MR) is 223 cm³/mol. The largest absolute Gasteiger partial charge is 0.507 e. The summed E-state index contributed by atoms with van der Waals surface area (Å²) >= 11 is 7.91. The maximum atomic E-state index is 15.3. The van der Waals surface area contributed by atoms with Gasteiger partial charge in [-0.3, -0.25) is 28.8 Å². The molecule has 3 fully saturated rings. The molecule has 4 heterocycles. The van der Waals surface area contributed by atoms with E-state index in [2.05, 4.69) is 6.58 Å². The number of phenols is 1. The van der Waals surface area contributed by atoms with E-state index in [0.717, 1.165) is 37.0 Å². The van der Waals surface area contributed by atoms with Crippen molar-refractivity contribution in [2.24, 2.45) is 36.1 Å². The summed E-state index contributed by atoms with van der Waals surface area (Å²) in [4.78, 5) is 62.4. The van der Waals surface area contributed by atoms with Gasteiger partial charge in [-0.25, -0.2) is 4.90 Å². The van der Waals surface area contributed by atoms with E-state index in [1.807, 2.05) is 86.7 Å². The molecule has 2 aromatic heterocycles. The summed E-state index contributed by atoms with van der Waals surface area (Å²) < 4.78 is 2.62. The minimum Gasteiger partial charge on any atom is -0.507 e. The van der Waals surface area contributed by atoms with Crippen molar-refractivity contribution in [1.29, 1.82) is 0 Å². The first-order valence-corrected chi connectivity index (χ1v) is 20.2. The molecule has 284 valence electrons. The number of phenolic OH excluding ortho intramolecular Hbond substituents is 1. The molecule has 2 aliphatic carbocycles. The molecular formula is C46H37ClN4O5S. The summed E-state index contributed by atoms with van der Waals surface area (Å²) in [6.45, 7) is 7.65. The number of anilines is 2. The SMILES string of the molecule is C=Cc1ccc(N2C(=O)[C@H]3[C@H](CC=C4[C@H]3C[C@H]3C(=O)N(c5cc(-c6sc7ccc(Cl)cc7c6C)nn5C)C(=O)[C@@]3(C)[C@H]4c3ccc4ccccc4c3O)C2=O)cc1. The molecule has 6 atom stereocenters. The van der Waals surface area contributed by atoms with Gasteiger partial charge in [-0.05, 0) is 84.8 Å². The highest BCUT2D eigenvalue weighted by molar-refractivity contribution is 7.22. The van der Waals surface area contributed by atoms with Crippen molar-refractivity contribution in [2.75, 3.05) is 9.80 Å². The quantitative estimate of drug-likeness (QED) is 0.138. The lowest BCUT2D eigenvalue weighted by Gasteiger charge is -2.49. The lowest BCUT2D eigenvalue weighted by atomic mass is 9.51. The Labute approximate surface area is 337 Å². The maximum absolute atomic E-state index is 15.3. The van der Waals surface area contributed by atoms with E-state index in [1.165, 1.54) is 9.80 Å². The van der Waals surface area contributed by atoms with E-state index in [1.54, 1.807) is 47.3 Å². The Morgan fingerprint density at radius 1 is 0.912 bits per heavy atom. The number of allylic oxidation sites excluding steroid dienone is 2. The van der Waals surface area contributed by atoms with Gasteiger partial charge in [0.15, 0.2) is 0 Å². The zero-order valence-corrected chi connectivity index (χ0v) is 33.0. The number of halogens is 1.